The molecule has 0 aromatic carbocycles. The highest BCUT2D eigenvalue weighted by Gasteiger charge is 2.02. The Balaban J connectivity index is 2.38. The van der Waals surface area contributed by atoms with Gasteiger partial charge < -0.3 is 5.32 Å². The summed E-state index contributed by atoms with van der Waals surface area (Å²) in [7, 11) is 0. The maximum Gasteiger partial charge on any atom is 0.220 e. The third-order valence-corrected chi connectivity index (χ3v) is 2.41. The van der Waals surface area contributed by atoms with Gasteiger partial charge in [0.1, 0.15) is 0 Å². The van der Waals surface area contributed by atoms with Crippen LogP contribution in [0.4, 0.5) is 0 Å². The molecular weight excluding hydrogens is 200 g/mol. The molecule has 0 saturated carbocycles. The van der Waals surface area contributed by atoms with Gasteiger partial charge in [0.2, 0.25) is 5.91 Å². The minimum absolute atomic E-state index is 0.116. The monoisotopic (exact) mass is 220 g/mol. The Hall–Kier alpha value is -1.38. The number of hydrogen-bond acceptors (Lipinski definition) is 2. The second-order valence-corrected chi connectivity index (χ2v) is 3.82. The van der Waals surface area contributed by atoms with Crippen molar-refractivity contribution >= 4 is 5.91 Å². The molecule has 0 fully saturated rings. The average molecular weight is 220 g/mol. The molecular formula is C13H20N2O. The summed E-state index contributed by atoms with van der Waals surface area (Å²) in [5.41, 5.74) is 2.09. The van der Waals surface area contributed by atoms with Gasteiger partial charge in [0, 0.05) is 24.4 Å². The smallest absolute Gasteiger partial charge is 0.220 e. The van der Waals surface area contributed by atoms with Crippen LogP contribution in [0.5, 0.6) is 0 Å². The van der Waals surface area contributed by atoms with Crippen LogP contribution in [0, 0.1) is 0 Å². The van der Waals surface area contributed by atoms with Crippen LogP contribution in [-0.2, 0) is 17.6 Å². The summed E-state index contributed by atoms with van der Waals surface area (Å²) < 4.78 is 0. The van der Waals surface area contributed by atoms with E-state index in [2.05, 4.69) is 17.2 Å². The number of nitrogens with zero attached hydrogens (tertiary/aromatic N) is 1. The van der Waals surface area contributed by atoms with Gasteiger partial charge in [-0.1, -0.05) is 19.9 Å². The molecule has 1 aromatic rings. The van der Waals surface area contributed by atoms with Crippen LogP contribution >= 0.6 is 0 Å². The predicted molar refractivity (Wildman–Crippen MR) is 65.2 cm³/mol. The number of hydrogen-bond donors (Lipinski definition) is 1. The van der Waals surface area contributed by atoms with Crippen LogP contribution in [0.3, 0.4) is 0 Å². The Morgan fingerprint density at radius 2 is 2.06 bits per heavy atom. The first-order valence-corrected chi connectivity index (χ1v) is 5.97. The van der Waals surface area contributed by atoms with Crippen molar-refractivity contribution in [3.63, 3.8) is 0 Å². The standard InChI is InChI=1S/C13H20N2O/c1-3-10-14-13(16)9-8-12-7-5-6-11(4-2)15-12/h5-7H,3-4,8-10H2,1-2H3,(H,14,16). The van der Waals surface area contributed by atoms with Gasteiger partial charge in [-0.2, -0.15) is 0 Å². The highest BCUT2D eigenvalue weighted by Crippen LogP contribution is 2.03. The van der Waals surface area contributed by atoms with Crippen molar-refractivity contribution in [2.75, 3.05) is 6.54 Å². The molecule has 1 rings (SSSR count). The lowest BCUT2D eigenvalue weighted by Crippen LogP contribution is -2.24. The lowest BCUT2D eigenvalue weighted by atomic mass is 10.2. The van der Waals surface area contributed by atoms with Gasteiger partial charge in [-0.05, 0) is 31.4 Å². The fourth-order valence-corrected chi connectivity index (χ4v) is 1.46. The van der Waals surface area contributed by atoms with E-state index in [9.17, 15) is 4.79 Å². The number of pyridine rings is 1. The third kappa shape index (κ3) is 4.43. The zero-order chi connectivity index (χ0) is 11.8. The van der Waals surface area contributed by atoms with Crippen LogP contribution < -0.4 is 5.32 Å². The highest BCUT2D eigenvalue weighted by atomic mass is 16.1. The minimum Gasteiger partial charge on any atom is -0.356 e. The molecule has 88 valence electrons. The molecule has 1 N–H and O–H groups in total. The second kappa shape index (κ2) is 6.99. The fraction of sp³-hybridized carbons (Fsp3) is 0.538. The Labute approximate surface area is 97.3 Å². The summed E-state index contributed by atoms with van der Waals surface area (Å²) in [6, 6.07) is 6.00. The summed E-state index contributed by atoms with van der Waals surface area (Å²) in [5, 5.41) is 2.86. The molecule has 0 aliphatic heterocycles. The quantitative estimate of drug-likeness (QED) is 0.797. The summed E-state index contributed by atoms with van der Waals surface area (Å²) in [6.07, 6.45) is 3.18. The molecule has 0 radical (unpaired) electrons. The molecule has 0 saturated heterocycles. The third-order valence-electron chi connectivity index (χ3n) is 2.41. The van der Waals surface area contributed by atoms with Gasteiger partial charge in [0.25, 0.3) is 0 Å². The van der Waals surface area contributed by atoms with Crippen molar-refractivity contribution in [1.29, 1.82) is 0 Å². The molecule has 0 spiro atoms. The van der Waals surface area contributed by atoms with E-state index >= 15 is 0 Å². The van der Waals surface area contributed by atoms with Crippen LogP contribution in [0.15, 0.2) is 18.2 Å². The molecule has 3 nitrogen and oxygen atoms in total. The van der Waals surface area contributed by atoms with Crippen LogP contribution in [0.2, 0.25) is 0 Å². The number of amides is 1. The lowest BCUT2D eigenvalue weighted by molar-refractivity contribution is -0.121. The molecule has 0 aliphatic rings. The van der Waals surface area contributed by atoms with E-state index in [1.54, 1.807) is 0 Å². The number of nitrogens with one attached hydrogen (secondary N) is 1. The van der Waals surface area contributed by atoms with Gasteiger partial charge in [0.15, 0.2) is 0 Å². The maximum absolute atomic E-state index is 11.4. The molecule has 1 aromatic heterocycles. The Morgan fingerprint density at radius 1 is 1.31 bits per heavy atom. The van der Waals surface area contributed by atoms with Crippen molar-refractivity contribution in [1.82, 2.24) is 10.3 Å². The zero-order valence-electron chi connectivity index (χ0n) is 10.1. The van der Waals surface area contributed by atoms with Crippen molar-refractivity contribution < 1.29 is 4.79 Å². The average Bonchev–Trinajstić information content (AvgIpc) is 2.34. The zero-order valence-corrected chi connectivity index (χ0v) is 10.1. The first kappa shape index (κ1) is 12.7. The SMILES string of the molecule is CCCNC(=O)CCc1cccc(CC)n1. The first-order valence-electron chi connectivity index (χ1n) is 5.97. The normalized spacial score (nSPS) is 10.1. The van der Waals surface area contributed by atoms with Crippen molar-refractivity contribution in [2.24, 2.45) is 0 Å². The topological polar surface area (TPSA) is 42.0 Å². The summed E-state index contributed by atoms with van der Waals surface area (Å²) in [5.74, 6) is 0.116. The maximum atomic E-state index is 11.4. The molecule has 0 unspecified atom stereocenters. The largest absolute Gasteiger partial charge is 0.356 e. The summed E-state index contributed by atoms with van der Waals surface area (Å²) in [6.45, 7) is 4.90. The molecule has 3 heteroatoms. The highest BCUT2D eigenvalue weighted by molar-refractivity contribution is 5.76. The van der Waals surface area contributed by atoms with E-state index < -0.39 is 0 Å². The number of carbonyl (C=O) groups excluding carboxylic acids is 1. The van der Waals surface area contributed by atoms with Gasteiger partial charge in [-0.25, -0.2) is 0 Å². The van der Waals surface area contributed by atoms with Crippen molar-refractivity contribution in [3.05, 3.63) is 29.6 Å². The Morgan fingerprint density at radius 3 is 2.75 bits per heavy atom. The van der Waals surface area contributed by atoms with Crippen molar-refractivity contribution in [2.45, 2.75) is 39.5 Å². The fourth-order valence-electron chi connectivity index (χ4n) is 1.46. The number of rotatable bonds is 6. The van der Waals surface area contributed by atoms with Crippen molar-refractivity contribution in [3.8, 4) is 0 Å². The second-order valence-electron chi connectivity index (χ2n) is 3.82. The number of aromatic nitrogens is 1. The van der Waals surface area contributed by atoms with Gasteiger partial charge in [-0.15, -0.1) is 0 Å². The Kier molecular flexibility index (Phi) is 5.54. The summed E-state index contributed by atoms with van der Waals surface area (Å²) >= 11 is 0. The molecule has 0 aliphatic carbocycles. The van der Waals surface area contributed by atoms with Gasteiger partial charge in [-0.3, -0.25) is 9.78 Å². The minimum atomic E-state index is 0.116. The van der Waals surface area contributed by atoms with Gasteiger partial charge in [0.05, 0.1) is 0 Å². The van der Waals surface area contributed by atoms with Crippen LogP contribution in [0.25, 0.3) is 0 Å². The van der Waals surface area contributed by atoms with E-state index in [1.165, 1.54) is 0 Å². The van der Waals surface area contributed by atoms with E-state index in [1.807, 2.05) is 25.1 Å². The Bertz CT molecular complexity index is 336. The van der Waals surface area contributed by atoms with Gasteiger partial charge >= 0.3 is 0 Å². The number of aryl methyl sites for hydroxylation is 2. The van der Waals surface area contributed by atoms with E-state index in [0.717, 1.165) is 37.2 Å². The molecule has 16 heavy (non-hydrogen) atoms. The summed E-state index contributed by atoms with van der Waals surface area (Å²) in [4.78, 5) is 15.9. The molecule has 1 amide bonds. The van der Waals surface area contributed by atoms with E-state index in [0.29, 0.717) is 6.42 Å². The number of carbonyl (C=O) groups is 1. The first-order chi connectivity index (χ1) is 7.76. The van der Waals surface area contributed by atoms with Crippen LogP contribution in [-0.4, -0.2) is 17.4 Å². The van der Waals surface area contributed by atoms with Crippen LogP contribution in [0.1, 0.15) is 38.1 Å². The molecule has 0 bridgehead atoms. The molecule has 1 heterocycles. The lowest BCUT2D eigenvalue weighted by Gasteiger charge is -2.04. The van der Waals surface area contributed by atoms with E-state index in [4.69, 9.17) is 0 Å². The predicted octanol–water partition coefficient (Wildman–Crippen LogP) is 2.10. The molecule has 0 atom stereocenters. The van der Waals surface area contributed by atoms with E-state index in [-0.39, 0.29) is 5.91 Å².